The number of rotatable bonds is 2. The van der Waals surface area contributed by atoms with Gasteiger partial charge in [0.25, 0.3) is 0 Å². The quantitative estimate of drug-likeness (QED) is 0.641. The molecule has 0 radical (unpaired) electrons. The molecule has 1 N–H and O–H groups in total. The van der Waals surface area contributed by atoms with E-state index in [0.29, 0.717) is 0 Å². The van der Waals surface area contributed by atoms with Crippen LogP contribution in [0.1, 0.15) is 11.7 Å². The van der Waals surface area contributed by atoms with Gasteiger partial charge in [-0.3, -0.25) is 0 Å². The fraction of sp³-hybridized carbons (Fsp3) is 0.250. The molecule has 78 valence electrons. The minimum atomic E-state index is -1.40. The predicted octanol–water partition coefficient (Wildman–Crippen LogP) is 3.97. The summed E-state index contributed by atoms with van der Waals surface area (Å²) in [6.45, 7) is 0. The molecule has 0 amide bonds. The molecule has 0 spiro atoms. The van der Waals surface area contributed by atoms with Crippen molar-refractivity contribution in [1.82, 2.24) is 0 Å². The maximum absolute atomic E-state index is 13.2. The van der Waals surface area contributed by atoms with Crippen molar-refractivity contribution in [3.8, 4) is 0 Å². The first kappa shape index (κ1) is 12.3. The monoisotopic (exact) mass is 276 g/mol. The Morgan fingerprint density at radius 2 is 1.79 bits per heavy atom. The van der Waals surface area contributed by atoms with Gasteiger partial charge in [0.2, 0.25) is 0 Å². The lowest BCUT2D eigenvalue weighted by Crippen LogP contribution is -2.09. The lowest BCUT2D eigenvalue weighted by Gasteiger charge is -2.14. The molecule has 0 bridgehead atoms. The van der Waals surface area contributed by atoms with Gasteiger partial charge in [0.05, 0.1) is 10.0 Å². The van der Waals surface area contributed by atoms with Crippen molar-refractivity contribution in [2.24, 2.45) is 0 Å². The van der Waals surface area contributed by atoms with Gasteiger partial charge in [-0.15, -0.1) is 23.2 Å². The van der Waals surface area contributed by atoms with E-state index in [4.69, 9.17) is 46.4 Å². The number of alkyl halides is 2. The van der Waals surface area contributed by atoms with Crippen molar-refractivity contribution in [2.75, 3.05) is 0 Å². The highest BCUT2D eigenvalue weighted by Gasteiger charge is 2.23. The minimum absolute atomic E-state index is 0.0783. The van der Waals surface area contributed by atoms with Crippen molar-refractivity contribution in [1.29, 1.82) is 0 Å². The van der Waals surface area contributed by atoms with Crippen molar-refractivity contribution in [3.05, 3.63) is 33.6 Å². The van der Waals surface area contributed by atoms with Crippen LogP contribution < -0.4 is 0 Å². The molecule has 0 saturated heterocycles. The SMILES string of the molecule is OC(c1c(F)ccc(Cl)c1Cl)C(Cl)Cl. The zero-order valence-electron chi connectivity index (χ0n) is 6.65. The molecule has 0 heterocycles. The third-order valence-electron chi connectivity index (χ3n) is 1.61. The van der Waals surface area contributed by atoms with Crippen LogP contribution in [0, 0.1) is 5.82 Å². The molecule has 0 aliphatic heterocycles. The summed E-state index contributed by atoms with van der Waals surface area (Å²) in [6.07, 6.45) is -1.40. The maximum Gasteiger partial charge on any atom is 0.137 e. The molecule has 0 aromatic heterocycles. The van der Waals surface area contributed by atoms with Crippen LogP contribution in [0.15, 0.2) is 12.1 Å². The second-order valence-corrected chi connectivity index (χ2v) is 4.49. The second kappa shape index (κ2) is 4.86. The normalized spacial score (nSPS) is 13.4. The Kier molecular flexibility index (Phi) is 4.29. The van der Waals surface area contributed by atoms with Gasteiger partial charge in [-0.1, -0.05) is 23.2 Å². The van der Waals surface area contributed by atoms with Crippen LogP contribution >= 0.6 is 46.4 Å². The summed E-state index contributed by atoms with van der Waals surface area (Å²) < 4.78 is 13.2. The van der Waals surface area contributed by atoms with Crippen LogP contribution in [0.25, 0.3) is 0 Å². The van der Waals surface area contributed by atoms with Crippen LogP contribution in [0.5, 0.6) is 0 Å². The Bertz CT molecular complexity index is 342. The summed E-state index contributed by atoms with van der Waals surface area (Å²) in [5.41, 5.74) is -0.186. The second-order valence-electron chi connectivity index (χ2n) is 2.54. The number of halogens is 5. The molecule has 1 aromatic carbocycles. The number of aliphatic hydroxyl groups is 1. The molecule has 1 unspecified atom stereocenters. The van der Waals surface area contributed by atoms with Gasteiger partial charge in [0.1, 0.15) is 16.8 Å². The van der Waals surface area contributed by atoms with E-state index in [0.717, 1.165) is 6.07 Å². The van der Waals surface area contributed by atoms with Crippen LogP contribution in [-0.4, -0.2) is 9.94 Å². The Labute approximate surface area is 100 Å². The summed E-state index contributed by atoms with van der Waals surface area (Å²) in [4.78, 5) is -1.17. The van der Waals surface area contributed by atoms with Gasteiger partial charge in [0.15, 0.2) is 0 Å². The molecule has 0 aliphatic rings. The number of hydrogen-bond acceptors (Lipinski definition) is 1. The highest BCUT2D eigenvalue weighted by Crippen LogP contribution is 2.35. The first-order valence-electron chi connectivity index (χ1n) is 3.54. The van der Waals surface area contributed by atoms with Gasteiger partial charge in [-0.25, -0.2) is 4.39 Å². The van der Waals surface area contributed by atoms with E-state index < -0.39 is 16.8 Å². The molecule has 1 rings (SSSR count). The van der Waals surface area contributed by atoms with E-state index in [2.05, 4.69) is 0 Å². The van der Waals surface area contributed by atoms with E-state index in [1.807, 2.05) is 0 Å². The molecule has 0 aliphatic carbocycles. The molecule has 0 fully saturated rings. The Hall–Kier alpha value is 0.270. The lowest BCUT2D eigenvalue weighted by molar-refractivity contribution is 0.188. The average molecular weight is 278 g/mol. The van der Waals surface area contributed by atoms with Crippen LogP contribution in [0.4, 0.5) is 4.39 Å². The smallest absolute Gasteiger partial charge is 0.137 e. The summed E-state index contributed by atoms with van der Waals surface area (Å²) >= 11 is 22.1. The minimum Gasteiger partial charge on any atom is -0.385 e. The summed E-state index contributed by atoms with van der Waals surface area (Å²) in [7, 11) is 0. The van der Waals surface area contributed by atoms with E-state index in [-0.39, 0.29) is 15.6 Å². The molecule has 14 heavy (non-hydrogen) atoms. The summed E-state index contributed by atoms with van der Waals surface area (Å²) in [6, 6.07) is 2.37. The Balaban J connectivity index is 3.25. The standard InChI is InChI=1S/C8H5Cl4FO/c9-3-1-2-4(13)5(6(3)10)7(14)8(11)12/h1-2,7-8,14H. The third kappa shape index (κ3) is 2.44. The predicted molar refractivity (Wildman–Crippen MR) is 56.9 cm³/mol. The maximum atomic E-state index is 13.2. The fourth-order valence-corrected chi connectivity index (χ4v) is 1.62. The average Bonchev–Trinajstić information content (AvgIpc) is 2.12. The molecular formula is C8H5Cl4FO. The van der Waals surface area contributed by atoms with Gasteiger partial charge in [-0.05, 0) is 12.1 Å². The number of aliphatic hydroxyl groups excluding tert-OH is 1. The number of benzene rings is 1. The van der Waals surface area contributed by atoms with Gasteiger partial charge < -0.3 is 5.11 Å². The van der Waals surface area contributed by atoms with E-state index in [9.17, 15) is 9.50 Å². The van der Waals surface area contributed by atoms with Crippen molar-refractivity contribution >= 4 is 46.4 Å². The van der Waals surface area contributed by atoms with Crippen molar-refractivity contribution < 1.29 is 9.50 Å². The number of hydrogen-bond donors (Lipinski definition) is 1. The Morgan fingerprint density at radius 1 is 1.21 bits per heavy atom. The van der Waals surface area contributed by atoms with E-state index >= 15 is 0 Å². The van der Waals surface area contributed by atoms with Crippen molar-refractivity contribution in [2.45, 2.75) is 10.9 Å². The van der Waals surface area contributed by atoms with Crippen LogP contribution in [0.2, 0.25) is 10.0 Å². The van der Waals surface area contributed by atoms with Gasteiger partial charge in [0, 0.05) is 5.56 Å². The largest absolute Gasteiger partial charge is 0.385 e. The molecule has 1 aromatic rings. The summed E-state index contributed by atoms with van der Waals surface area (Å²) in [5, 5.41) is 9.49. The van der Waals surface area contributed by atoms with Gasteiger partial charge >= 0.3 is 0 Å². The molecular weight excluding hydrogens is 273 g/mol. The van der Waals surface area contributed by atoms with Crippen LogP contribution in [-0.2, 0) is 0 Å². The van der Waals surface area contributed by atoms with Gasteiger partial charge in [-0.2, -0.15) is 0 Å². The highest BCUT2D eigenvalue weighted by atomic mass is 35.5. The van der Waals surface area contributed by atoms with Crippen molar-refractivity contribution in [3.63, 3.8) is 0 Å². The first-order valence-corrected chi connectivity index (χ1v) is 5.17. The van der Waals surface area contributed by atoms with E-state index in [1.165, 1.54) is 6.07 Å². The third-order valence-corrected chi connectivity index (χ3v) is 2.91. The zero-order valence-corrected chi connectivity index (χ0v) is 9.67. The fourth-order valence-electron chi connectivity index (χ4n) is 0.940. The Morgan fingerprint density at radius 3 is 2.29 bits per heavy atom. The molecule has 6 heteroatoms. The first-order chi connectivity index (χ1) is 6.45. The molecule has 1 atom stereocenters. The highest BCUT2D eigenvalue weighted by molar-refractivity contribution is 6.45. The zero-order chi connectivity index (χ0) is 10.9. The van der Waals surface area contributed by atoms with Crippen LogP contribution in [0.3, 0.4) is 0 Å². The topological polar surface area (TPSA) is 20.2 Å². The molecule has 0 saturated carbocycles. The van der Waals surface area contributed by atoms with E-state index in [1.54, 1.807) is 0 Å². The molecule has 1 nitrogen and oxygen atoms in total. The lowest BCUT2D eigenvalue weighted by atomic mass is 10.1. The summed E-state index contributed by atoms with van der Waals surface area (Å²) in [5.74, 6) is -0.696.